The van der Waals surface area contributed by atoms with Gasteiger partial charge in [0.05, 0.1) is 7.11 Å². The summed E-state index contributed by atoms with van der Waals surface area (Å²) in [6, 6.07) is 12.5. The van der Waals surface area contributed by atoms with Crippen LogP contribution < -0.4 is 10.1 Å². The maximum atomic E-state index is 5.33. The molecule has 1 atom stereocenters. The number of ether oxygens (including phenoxy) is 1. The number of hydrogen-bond acceptors (Lipinski definition) is 3. The van der Waals surface area contributed by atoms with Crippen molar-refractivity contribution in [3.05, 3.63) is 58.2 Å². The lowest BCUT2D eigenvalue weighted by atomic mass is 10.00. The van der Waals surface area contributed by atoms with Crippen molar-refractivity contribution in [3.8, 4) is 5.88 Å². The Hall–Kier alpha value is -1.39. The molecule has 0 amide bonds. The van der Waals surface area contributed by atoms with Gasteiger partial charge in [-0.05, 0) is 37.2 Å². The molecule has 4 heteroatoms. The Morgan fingerprint density at radius 1 is 1.32 bits per heavy atom. The van der Waals surface area contributed by atoms with Crippen LogP contribution in [0.4, 0.5) is 0 Å². The first-order valence-corrected chi connectivity index (χ1v) is 6.94. The number of methoxy groups -OCH3 is 1. The standard InChI is InChI=1S/C15H17BrN2O/c1-17-14(10-11-5-3-6-12(16)9-11)13-7-4-8-18-15(13)19-2/h3-9,14,17H,10H2,1-2H3. The number of rotatable bonds is 5. The molecule has 2 rings (SSSR count). The third-order valence-electron chi connectivity index (χ3n) is 3.05. The zero-order valence-corrected chi connectivity index (χ0v) is 12.6. The smallest absolute Gasteiger partial charge is 0.217 e. The van der Waals surface area contributed by atoms with Gasteiger partial charge in [0.25, 0.3) is 0 Å². The molecule has 0 saturated carbocycles. The van der Waals surface area contributed by atoms with Gasteiger partial charge in [0.2, 0.25) is 5.88 Å². The van der Waals surface area contributed by atoms with Crippen molar-refractivity contribution < 1.29 is 4.74 Å². The van der Waals surface area contributed by atoms with Crippen LogP contribution in [0.15, 0.2) is 47.1 Å². The summed E-state index contributed by atoms with van der Waals surface area (Å²) in [6.07, 6.45) is 2.63. The second-order valence-corrected chi connectivity index (χ2v) is 5.19. The summed E-state index contributed by atoms with van der Waals surface area (Å²) in [7, 11) is 3.60. The van der Waals surface area contributed by atoms with Gasteiger partial charge in [0, 0.05) is 22.3 Å². The van der Waals surface area contributed by atoms with Gasteiger partial charge in [-0.3, -0.25) is 0 Å². The highest BCUT2D eigenvalue weighted by Gasteiger charge is 2.15. The lowest BCUT2D eigenvalue weighted by Crippen LogP contribution is -2.20. The van der Waals surface area contributed by atoms with Crippen molar-refractivity contribution in [3.63, 3.8) is 0 Å². The van der Waals surface area contributed by atoms with Crippen molar-refractivity contribution in [1.29, 1.82) is 0 Å². The summed E-state index contributed by atoms with van der Waals surface area (Å²) in [5, 5.41) is 3.33. The molecule has 0 radical (unpaired) electrons. The summed E-state index contributed by atoms with van der Waals surface area (Å²) in [5.74, 6) is 0.678. The number of nitrogens with one attached hydrogen (secondary N) is 1. The predicted octanol–water partition coefficient (Wildman–Crippen LogP) is 3.36. The predicted molar refractivity (Wildman–Crippen MR) is 80.4 cm³/mol. The zero-order valence-electron chi connectivity index (χ0n) is 11.1. The number of likely N-dealkylation sites (N-methyl/N-ethyl adjacent to an activating group) is 1. The Morgan fingerprint density at radius 3 is 2.84 bits per heavy atom. The minimum atomic E-state index is 0.179. The van der Waals surface area contributed by atoms with E-state index in [1.54, 1.807) is 13.3 Å². The molecule has 1 aromatic carbocycles. The van der Waals surface area contributed by atoms with E-state index in [0.717, 1.165) is 16.5 Å². The van der Waals surface area contributed by atoms with E-state index < -0.39 is 0 Å². The van der Waals surface area contributed by atoms with Crippen LogP contribution in [0.5, 0.6) is 5.88 Å². The number of pyridine rings is 1. The number of benzene rings is 1. The largest absolute Gasteiger partial charge is 0.481 e. The van der Waals surface area contributed by atoms with Crippen molar-refractivity contribution in [2.24, 2.45) is 0 Å². The third-order valence-corrected chi connectivity index (χ3v) is 3.54. The lowest BCUT2D eigenvalue weighted by Gasteiger charge is -2.18. The van der Waals surface area contributed by atoms with E-state index in [2.05, 4.69) is 38.4 Å². The molecule has 1 N–H and O–H groups in total. The maximum Gasteiger partial charge on any atom is 0.217 e. The average molecular weight is 321 g/mol. The van der Waals surface area contributed by atoms with Crippen LogP contribution in [0.25, 0.3) is 0 Å². The first-order valence-electron chi connectivity index (χ1n) is 6.15. The fraction of sp³-hybridized carbons (Fsp3) is 0.267. The molecule has 2 aromatic rings. The highest BCUT2D eigenvalue weighted by molar-refractivity contribution is 9.10. The topological polar surface area (TPSA) is 34.2 Å². The fourth-order valence-corrected chi connectivity index (χ4v) is 2.55. The summed E-state index contributed by atoms with van der Waals surface area (Å²) < 4.78 is 6.42. The summed E-state index contributed by atoms with van der Waals surface area (Å²) in [6.45, 7) is 0. The van der Waals surface area contributed by atoms with E-state index in [1.165, 1.54) is 5.56 Å². The van der Waals surface area contributed by atoms with E-state index in [9.17, 15) is 0 Å². The molecule has 1 unspecified atom stereocenters. The van der Waals surface area contributed by atoms with E-state index in [-0.39, 0.29) is 6.04 Å². The van der Waals surface area contributed by atoms with Crippen LogP contribution in [0, 0.1) is 0 Å². The molecule has 1 heterocycles. The van der Waals surface area contributed by atoms with Crippen LogP contribution in [0.1, 0.15) is 17.2 Å². The van der Waals surface area contributed by atoms with Crippen LogP contribution in [-0.4, -0.2) is 19.1 Å². The van der Waals surface area contributed by atoms with Crippen molar-refractivity contribution in [1.82, 2.24) is 10.3 Å². The SMILES string of the molecule is CNC(Cc1cccc(Br)c1)c1cccnc1OC. The van der Waals surface area contributed by atoms with E-state index >= 15 is 0 Å². The third kappa shape index (κ3) is 3.55. The second kappa shape index (κ2) is 6.68. The molecule has 0 aliphatic rings. The van der Waals surface area contributed by atoms with Crippen molar-refractivity contribution >= 4 is 15.9 Å². The summed E-state index contributed by atoms with van der Waals surface area (Å²) in [4.78, 5) is 4.25. The van der Waals surface area contributed by atoms with Gasteiger partial charge in [0.1, 0.15) is 0 Å². The number of aromatic nitrogens is 1. The first-order chi connectivity index (χ1) is 9.24. The Balaban J connectivity index is 2.25. The van der Waals surface area contributed by atoms with Gasteiger partial charge in [-0.1, -0.05) is 34.1 Å². The molecular weight excluding hydrogens is 304 g/mol. The molecule has 0 aliphatic heterocycles. The molecule has 1 aromatic heterocycles. The normalized spacial score (nSPS) is 12.2. The molecule has 0 spiro atoms. The van der Waals surface area contributed by atoms with Gasteiger partial charge >= 0.3 is 0 Å². The maximum absolute atomic E-state index is 5.33. The van der Waals surface area contributed by atoms with E-state index in [0.29, 0.717) is 5.88 Å². The molecular formula is C15H17BrN2O. The molecule has 0 fully saturated rings. The van der Waals surface area contributed by atoms with E-state index in [4.69, 9.17) is 4.74 Å². The molecule has 0 aliphatic carbocycles. The minimum Gasteiger partial charge on any atom is -0.481 e. The quantitative estimate of drug-likeness (QED) is 0.917. The van der Waals surface area contributed by atoms with Crippen molar-refractivity contribution in [2.45, 2.75) is 12.5 Å². The second-order valence-electron chi connectivity index (χ2n) is 4.28. The summed E-state index contributed by atoms with van der Waals surface area (Å²) in [5.41, 5.74) is 2.34. The Morgan fingerprint density at radius 2 is 2.16 bits per heavy atom. The Bertz CT molecular complexity index is 545. The van der Waals surface area contributed by atoms with Crippen LogP contribution in [-0.2, 0) is 6.42 Å². The number of halogens is 1. The van der Waals surface area contributed by atoms with Crippen LogP contribution in [0.2, 0.25) is 0 Å². The highest BCUT2D eigenvalue weighted by Crippen LogP contribution is 2.26. The Labute approximate surface area is 122 Å². The van der Waals surface area contributed by atoms with Gasteiger partial charge in [-0.15, -0.1) is 0 Å². The molecule has 100 valence electrons. The van der Waals surface area contributed by atoms with Crippen LogP contribution >= 0.6 is 15.9 Å². The lowest BCUT2D eigenvalue weighted by molar-refractivity contribution is 0.384. The molecule has 19 heavy (non-hydrogen) atoms. The van der Waals surface area contributed by atoms with E-state index in [1.807, 2.05) is 31.3 Å². The average Bonchev–Trinajstić information content (AvgIpc) is 2.45. The van der Waals surface area contributed by atoms with Gasteiger partial charge in [0.15, 0.2) is 0 Å². The summed E-state index contributed by atoms with van der Waals surface area (Å²) >= 11 is 3.50. The minimum absolute atomic E-state index is 0.179. The zero-order chi connectivity index (χ0) is 13.7. The molecule has 0 bridgehead atoms. The van der Waals surface area contributed by atoms with Crippen LogP contribution in [0.3, 0.4) is 0 Å². The number of hydrogen-bond donors (Lipinski definition) is 1. The van der Waals surface area contributed by atoms with Gasteiger partial charge in [-0.25, -0.2) is 4.98 Å². The molecule has 0 saturated heterocycles. The van der Waals surface area contributed by atoms with Crippen molar-refractivity contribution in [2.75, 3.05) is 14.2 Å². The monoisotopic (exact) mass is 320 g/mol. The number of nitrogens with zero attached hydrogens (tertiary/aromatic N) is 1. The Kier molecular flexibility index (Phi) is 4.93. The molecule has 3 nitrogen and oxygen atoms in total. The highest BCUT2D eigenvalue weighted by atomic mass is 79.9. The first kappa shape index (κ1) is 14.0. The van der Waals surface area contributed by atoms with Gasteiger partial charge < -0.3 is 10.1 Å². The van der Waals surface area contributed by atoms with Gasteiger partial charge in [-0.2, -0.15) is 0 Å². The fourth-order valence-electron chi connectivity index (χ4n) is 2.11.